The minimum absolute atomic E-state index is 0.0546. The zero-order valence-electron chi connectivity index (χ0n) is 12.0. The summed E-state index contributed by atoms with van der Waals surface area (Å²) in [5, 5.41) is 0.541. The van der Waals surface area contributed by atoms with E-state index in [0.717, 1.165) is 18.4 Å². The van der Waals surface area contributed by atoms with Crippen LogP contribution in [0.1, 0.15) is 41.2 Å². The molecule has 3 rings (SSSR count). The molecular weight excluding hydrogens is 304 g/mol. The zero-order chi connectivity index (χ0) is 15.9. The van der Waals surface area contributed by atoms with Crippen LogP contribution in [0, 0.1) is 5.92 Å². The van der Waals surface area contributed by atoms with E-state index in [-0.39, 0.29) is 24.3 Å². The van der Waals surface area contributed by atoms with Crippen molar-refractivity contribution in [3.8, 4) is 0 Å². The second kappa shape index (κ2) is 5.61. The van der Waals surface area contributed by atoms with Gasteiger partial charge in [-0.2, -0.15) is 4.99 Å². The summed E-state index contributed by atoms with van der Waals surface area (Å²) in [6, 6.07) is 4.80. The van der Waals surface area contributed by atoms with Gasteiger partial charge in [0.15, 0.2) is 5.96 Å². The molecule has 4 N–H and O–H groups in total. The smallest absolute Gasteiger partial charge is 0.254 e. The van der Waals surface area contributed by atoms with Crippen molar-refractivity contribution in [3.05, 3.63) is 34.3 Å². The monoisotopic (exact) mass is 320 g/mol. The van der Waals surface area contributed by atoms with Gasteiger partial charge in [-0.1, -0.05) is 11.6 Å². The summed E-state index contributed by atoms with van der Waals surface area (Å²) < 4.78 is 0. The third-order valence-electron chi connectivity index (χ3n) is 4.01. The van der Waals surface area contributed by atoms with Crippen molar-refractivity contribution in [1.29, 1.82) is 0 Å². The average molecular weight is 321 g/mol. The van der Waals surface area contributed by atoms with Gasteiger partial charge in [-0.15, -0.1) is 0 Å². The zero-order valence-corrected chi connectivity index (χ0v) is 12.7. The number of fused-ring (bicyclic) bond motifs is 1. The number of rotatable bonds is 4. The molecule has 1 aromatic rings. The lowest BCUT2D eigenvalue weighted by atomic mass is 10.0. The molecule has 0 aromatic heterocycles. The molecule has 116 valence electrons. The van der Waals surface area contributed by atoms with Crippen molar-refractivity contribution < 1.29 is 9.59 Å². The molecule has 2 aliphatic rings. The molecule has 1 saturated carbocycles. The van der Waals surface area contributed by atoms with Gasteiger partial charge in [0.2, 0.25) is 0 Å². The highest BCUT2D eigenvalue weighted by Crippen LogP contribution is 2.41. The Morgan fingerprint density at radius 2 is 2.09 bits per heavy atom. The molecule has 22 heavy (non-hydrogen) atoms. The van der Waals surface area contributed by atoms with Crippen LogP contribution >= 0.6 is 11.6 Å². The van der Waals surface area contributed by atoms with Crippen molar-refractivity contribution >= 4 is 29.4 Å². The van der Waals surface area contributed by atoms with E-state index in [1.807, 2.05) is 0 Å². The number of amides is 2. The average Bonchev–Trinajstić information content (AvgIpc) is 3.21. The van der Waals surface area contributed by atoms with Crippen LogP contribution in [0.5, 0.6) is 0 Å². The highest BCUT2D eigenvalue weighted by Gasteiger charge is 2.40. The fourth-order valence-electron chi connectivity index (χ4n) is 2.83. The van der Waals surface area contributed by atoms with E-state index in [9.17, 15) is 9.59 Å². The van der Waals surface area contributed by atoms with Gasteiger partial charge in [-0.05, 0) is 42.5 Å². The second-order valence-electron chi connectivity index (χ2n) is 5.78. The highest BCUT2D eigenvalue weighted by atomic mass is 35.5. The van der Waals surface area contributed by atoms with E-state index in [1.165, 1.54) is 0 Å². The van der Waals surface area contributed by atoms with Gasteiger partial charge < -0.3 is 16.4 Å². The lowest BCUT2D eigenvalue weighted by molar-refractivity contribution is -0.118. The number of benzene rings is 1. The molecular formula is C15H17ClN4O2. The summed E-state index contributed by atoms with van der Waals surface area (Å²) in [7, 11) is 0. The predicted octanol–water partition coefficient (Wildman–Crippen LogP) is 1.44. The van der Waals surface area contributed by atoms with E-state index in [1.54, 1.807) is 23.1 Å². The molecule has 1 fully saturated rings. The topological polar surface area (TPSA) is 102 Å². The first-order chi connectivity index (χ1) is 10.5. The van der Waals surface area contributed by atoms with Crippen LogP contribution in [-0.2, 0) is 4.79 Å². The molecule has 0 unspecified atom stereocenters. The number of halogens is 1. The summed E-state index contributed by atoms with van der Waals surface area (Å²) in [5.41, 5.74) is 11.9. The Balaban J connectivity index is 1.91. The first kappa shape index (κ1) is 14.8. The van der Waals surface area contributed by atoms with Crippen LogP contribution in [0.2, 0.25) is 5.02 Å². The van der Waals surface area contributed by atoms with Gasteiger partial charge in [0.25, 0.3) is 11.8 Å². The Morgan fingerprint density at radius 1 is 1.36 bits per heavy atom. The van der Waals surface area contributed by atoms with Crippen LogP contribution in [-0.4, -0.2) is 29.2 Å². The summed E-state index contributed by atoms with van der Waals surface area (Å²) in [6.45, 7) is 0.658. The fourth-order valence-corrected chi connectivity index (χ4v) is 3.01. The third kappa shape index (κ3) is 2.92. The number of carbonyl (C=O) groups excluding carboxylic acids is 2. The summed E-state index contributed by atoms with van der Waals surface area (Å²) in [6.07, 6.45) is 2.30. The number of aliphatic imine (C=N–C) groups is 1. The Labute approximate surface area is 133 Å². The molecule has 6 nitrogen and oxygen atoms in total. The van der Waals surface area contributed by atoms with Gasteiger partial charge in [-0.25, -0.2) is 0 Å². The van der Waals surface area contributed by atoms with Crippen LogP contribution in [0.15, 0.2) is 23.2 Å². The Morgan fingerprint density at radius 3 is 2.73 bits per heavy atom. The van der Waals surface area contributed by atoms with Gasteiger partial charge in [-0.3, -0.25) is 9.59 Å². The highest BCUT2D eigenvalue weighted by molar-refractivity contribution is 6.30. The van der Waals surface area contributed by atoms with Crippen LogP contribution in [0.3, 0.4) is 0 Å². The summed E-state index contributed by atoms with van der Waals surface area (Å²) >= 11 is 6.04. The molecule has 7 heteroatoms. The van der Waals surface area contributed by atoms with Gasteiger partial charge >= 0.3 is 0 Å². The molecule has 0 radical (unpaired) electrons. The molecule has 1 aliphatic carbocycles. The number of hydrogen-bond acceptors (Lipinski definition) is 2. The summed E-state index contributed by atoms with van der Waals surface area (Å²) in [5.74, 6) is -0.240. The first-order valence-corrected chi connectivity index (χ1v) is 7.56. The van der Waals surface area contributed by atoms with Gasteiger partial charge in [0.1, 0.15) is 0 Å². The van der Waals surface area contributed by atoms with E-state index < -0.39 is 5.91 Å². The quantitative estimate of drug-likeness (QED) is 0.647. The normalized spacial score (nSPS) is 20.0. The van der Waals surface area contributed by atoms with Crippen molar-refractivity contribution in [2.75, 3.05) is 6.54 Å². The predicted molar refractivity (Wildman–Crippen MR) is 83.4 cm³/mol. The molecule has 0 bridgehead atoms. The van der Waals surface area contributed by atoms with Crippen molar-refractivity contribution in [2.24, 2.45) is 22.4 Å². The van der Waals surface area contributed by atoms with E-state index >= 15 is 0 Å². The van der Waals surface area contributed by atoms with Crippen LogP contribution in [0.25, 0.3) is 0 Å². The molecule has 0 saturated heterocycles. The van der Waals surface area contributed by atoms with Crippen molar-refractivity contribution in [3.63, 3.8) is 0 Å². The molecule has 1 atom stereocenters. The molecule has 1 aromatic carbocycles. The standard InChI is InChI=1S/C15H17ClN4O2/c16-9-3-4-10-11(5-9)12(6-13(21)19-15(17)18)20(14(10)22)7-8-1-2-8/h3-5,8,12H,1-2,6-7H2,(H4,17,18,19,21)/t12-/m0/s1. The second-order valence-corrected chi connectivity index (χ2v) is 6.22. The van der Waals surface area contributed by atoms with Crippen LogP contribution < -0.4 is 11.5 Å². The minimum atomic E-state index is -0.438. The molecule has 1 heterocycles. The maximum atomic E-state index is 12.6. The van der Waals surface area contributed by atoms with E-state index in [2.05, 4.69) is 4.99 Å². The number of guanidine groups is 1. The first-order valence-electron chi connectivity index (χ1n) is 7.18. The Hall–Kier alpha value is -2.08. The largest absolute Gasteiger partial charge is 0.370 e. The van der Waals surface area contributed by atoms with E-state index in [0.29, 0.717) is 23.0 Å². The number of hydrogen-bond donors (Lipinski definition) is 2. The maximum Gasteiger partial charge on any atom is 0.254 e. The number of carbonyl (C=O) groups is 2. The molecule has 1 aliphatic heterocycles. The molecule has 0 spiro atoms. The third-order valence-corrected chi connectivity index (χ3v) is 4.25. The fraction of sp³-hybridized carbons (Fsp3) is 0.400. The number of nitrogens with zero attached hydrogens (tertiary/aromatic N) is 2. The summed E-state index contributed by atoms with van der Waals surface area (Å²) in [4.78, 5) is 29.8. The minimum Gasteiger partial charge on any atom is -0.370 e. The van der Waals surface area contributed by atoms with Crippen molar-refractivity contribution in [2.45, 2.75) is 25.3 Å². The van der Waals surface area contributed by atoms with Gasteiger partial charge in [0, 0.05) is 17.1 Å². The van der Waals surface area contributed by atoms with Crippen LogP contribution in [0.4, 0.5) is 0 Å². The lowest BCUT2D eigenvalue weighted by Crippen LogP contribution is -2.32. The SMILES string of the molecule is NC(N)=NC(=O)C[C@H]1c2cc(Cl)ccc2C(=O)N1CC1CC1. The maximum absolute atomic E-state index is 12.6. The van der Waals surface area contributed by atoms with E-state index in [4.69, 9.17) is 23.1 Å². The Bertz CT molecular complexity index is 666. The Kier molecular flexibility index (Phi) is 3.78. The van der Waals surface area contributed by atoms with Gasteiger partial charge in [0.05, 0.1) is 12.5 Å². The van der Waals surface area contributed by atoms with Crippen molar-refractivity contribution in [1.82, 2.24) is 4.90 Å². The number of nitrogens with two attached hydrogens (primary N) is 2. The molecule has 2 amide bonds. The lowest BCUT2D eigenvalue weighted by Gasteiger charge is -2.24.